The van der Waals surface area contributed by atoms with Crippen molar-refractivity contribution in [1.82, 2.24) is 0 Å². The summed E-state index contributed by atoms with van der Waals surface area (Å²) in [5.41, 5.74) is -0.116. The summed E-state index contributed by atoms with van der Waals surface area (Å²) in [6.45, 7) is 1.32. The monoisotopic (exact) mass is 220 g/mol. The molecule has 0 spiro atoms. The quantitative estimate of drug-likeness (QED) is 0.788. The van der Waals surface area contributed by atoms with Crippen molar-refractivity contribution in [2.24, 2.45) is 0 Å². The van der Waals surface area contributed by atoms with E-state index in [0.717, 1.165) is 12.1 Å². The van der Waals surface area contributed by atoms with Gasteiger partial charge >= 0.3 is 6.29 Å². The van der Waals surface area contributed by atoms with Crippen molar-refractivity contribution >= 4 is 0 Å². The van der Waals surface area contributed by atoms with E-state index in [1.807, 2.05) is 0 Å². The number of alkyl halides is 2. The molecule has 1 aliphatic rings. The molecule has 0 bridgehead atoms. The highest BCUT2D eigenvalue weighted by atomic mass is 19.3. The Labute approximate surface area is 83.0 Å². The molecule has 82 valence electrons. The van der Waals surface area contributed by atoms with Gasteiger partial charge in [0.25, 0.3) is 0 Å². The van der Waals surface area contributed by atoms with Crippen molar-refractivity contribution in [1.29, 1.82) is 0 Å². The summed E-state index contributed by atoms with van der Waals surface area (Å²) < 4.78 is 46.5. The van der Waals surface area contributed by atoms with Crippen LogP contribution in [0.4, 0.5) is 13.2 Å². The van der Waals surface area contributed by atoms with Crippen LogP contribution in [0.5, 0.6) is 11.5 Å². The first-order valence-corrected chi connectivity index (χ1v) is 4.16. The highest BCUT2D eigenvalue weighted by Gasteiger charge is 2.44. The van der Waals surface area contributed by atoms with E-state index in [2.05, 4.69) is 9.47 Å². The molecule has 2 rings (SSSR count). The molecule has 1 aromatic rings. The van der Waals surface area contributed by atoms with Gasteiger partial charge in [-0.25, -0.2) is 4.39 Å². The minimum atomic E-state index is -3.77. The van der Waals surface area contributed by atoms with E-state index in [4.69, 9.17) is 5.11 Å². The van der Waals surface area contributed by atoms with Gasteiger partial charge < -0.3 is 14.6 Å². The van der Waals surface area contributed by atoms with Crippen molar-refractivity contribution in [2.45, 2.75) is 19.3 Å². The second-order valence-corrected chi connectivity index (χ2v) is 3.16. The van der Waals surface area contributed by atoms with Crippen LogP contribution in [0, 0.1) is 5.82 Å². The maximum Gasteiger partial charge on any atom is 0.586 e. The highest BCUT2D eigenvalue weighted by Crippen LogP contribution is 2.42. The summed E-state index contributed by atoms with van der Waals surface area (Å²) in [5, 5.41) is 9.14. The molecule has 15 heavy (non-hydrogen) atoms. The van der Waals surface area contributed by atoms with Crippen LogP contribution >= 0.6 is 0 Å². The molecule has 1 aliphatic heterocycles. The molecule has 1 heterocycles. The van der Waals surface area contributed by atoms with Crippen LogP contribution < -0.4 is 9.47 Å². The zero-order valence-corrected chi connectivity index (χ0v) is 7.63. The van der Waals surface area contributed by atoms with Gasteiger partial charge in [-0.3, -0.25) is 0 Å². The van der Waals surface area contributed by atoms with Crippen LogP contribution in [-0.4, -0.2) is 11.4 Å². The average molecular weight is 220 g/mol. The number of hydrogen-bond donors (Lipinski definition) is 1. The largest absolute Gasteiger partial charge is 0.586 e. The summed E-state index contributed by atoms with van der Waals surface area (Å²) in [4.78, 5) is 0. The number of fused-ring (bicyclic) bond motifs is 1. The van der Waals surface area contributed by atoms with Gasteiger partial charge in [-0.2, -0.15) is 0 Å². The zero-order valence-electron chi connectivity index (χ0n) is 7.63. The molecule has 0 saturated heterocycles. The van der Waals surface area contributed by atoms with Gasteiger partial charge in [-0.1, -0.05) is 0 Å². The lowest BCUT2D eigenvalue weighted by Gasteiger charge is -2.06. The minimum absolute atomic E-state index is 0.116. The third-order valence-corrected chi connectivity index (χ3v) is 1.97. The van der Waals surface area contributed by atoms with Crippen LogP contribution in [0.15, 0.2) is 12.1 Å². The number of halogens is 3. The van der Waals surface area contributed by atoms with E-state index in [1.54, 1.807) is 0 Å². The molecule has 0 saturated carbocycles. The average Bonchev–Trinajstić information content (AvgIpc) is 2.36. The number of benzene rings is 1. The number of rotatable bonds is 1. The molecule has 1 aromatic carbocycles. The van der Waals surface area contributed by atoms with E-state index < -0.39 is 18.2 Å². The van der Waals surface area contributed by atoms with Gasteiger partial charge in [0.15, 0.2) is 11.5 Å². The Bertz CT molecular complexity index is 404. The smallest absolute Gasteiger partial charge is 0.395 e. The van der Waals surface area contributed by atoms with Crippen LogP contribution in [0.25, 0.3) is 0 Å². The van der Waals surface area contributed by atoms with Crippen LogP contribution in [0.2, 0.25) is 0 Å². The maximum absolute atomic E-state index is 13.2. The third kappa shape index (κ3) is 1.72. The first-order valence-electron chi connectivity index (χ1n) is 4.16. The molecule has 1 atom stereocenters. The van der Waals surface area contributed by atoms with Gasteiger partial charge in [0.05, 0.1) is 6.10 Å². The molecule has 3 nitrogen and oxygen atoms in total. The zero-order chi connectivity index (χ0) is 11.2. The minimum Gasteiger partial charge on any atom is -0.395 e. The lowest BCUT2D eigenvalue weighted by Crippen LogP contribution is -2.25. The van der Waals surface area contributed by atoms with Crippen molar-refractivity contribution in [3.05, 3.63) is 23.5 Å². The Morgan fingerprint density at radius 3 is 2.33 bits per heavy atom. The van der Waals surface area contributed by atoms with Crippen molar-refractivity contribution in [3.63, 3.8) is 0 Å². The summed E-state index contributed by atoms with van der Waals surface area (Å²) in [5.74, 6) is -1.47. The fourth-order valence-electron chi connectivity index (χ4n) is 1.31. The topological polar surface area (TPSA) is 38.7 Å². The second-order valence-electron chi connectivity index (χ2n) is 3.16. The van der Waals surface area contributed by atoms with Crippen LogP contribution in [0.3, 0.4) is 0 Å². The molecule has 0 aromatic heterocycles. The predicted molar refractivity (Wildman–Crippen MR) is 43.2 cm³/mol. The predicted octanol–water partition coefficient (Wildman–Crippen LogP) is 2.20. The van der Waals surface area contributed by atoms with E-state index in [-0.39, 0.29) is 17.1 Å². The van der Waals surface area contributed by atoms with Gasteiger partial charge in [-0.15, -0.1) is 8.78 Å². The van der Waals surface area contributed by atoms with Gasteiger partial charge in [0, 0.05) is 11.6 Å². The first kappa shape index (κ1) is 10.1. The Kier molecular flexibility index (Phi) is 2.04. The second kappa shape index (κ2) is 3.03. The fourth-order valence-corrected chi connectivity index (χ4v) is 1.31. The third-order valence-electron chi connectivity index (χ3n) is 1.97. The van der Waals surface area contributed by atoms with E-state index in [9.17, 15) is 13.2 Å². The summed E-state index contributed by atoms with van der Waals surface area (Å²) in [6, 6.07) is 1.76. The molecule has 0 fully saturated rings. The van der Waals surface area contributed by atoms with Crippen molar-refractivity contribution < 1.29 is 27.8 Å². The Morgan fingerprint density at radius 1 is 1.27 bits per heavy atom. The van der Waals surface area contributed by atoms with Gasteiger partial charge in [0.1, 0.15) is 5.82 Å². The van der Waals surface area contributed by atoms with Crippen molar-refractivity contribution in [3.8, 4) is 11.5 Å². The molecule has 0 radical (unpaired) electrons. The maximum atomic E-state index is 13.2. The van der Waals surface area contributed by atoms with Gasteiger partial charge in [-0.05, 0) is 13.0 Å². The Hall–Kier alpha value is -1.43. The molecule has 0 aliphatic carbocycles. The first-order chi connectivity index (χ1) is 6.89. The van der Waals surface area contributed by atoms with Crippen molar-refractivity contribution in [2.75, 3.05) is 0 Å². The number of hydrogen-bond acceptors (Lipinski definition) is 3. The highest BCUT2D eigenvalue weighted by molar-refractivity contribution is 5.46. The lowest BCUT2D eigenvalue weighted by atomic mass is 10.1. The summed E-state index contributed by atoms with van der Waals surface area (Å²) in [6.07, 6.45) is -4.88. The summed E-state index contributed by atoms with van der Waals surface area (Å²) >= 11 is 0. The molecule has 1 unspecified atom stereocenters. The Balaban J connectivity index is 2.45. The molecule has 1 N–H and O–H groups in total. The molecule has 6 heteroatoms. The SMILES string of the molecule is CC(O)c1cc2c(cc1F)OC(F)(F)O2. The molecule has 0 amide bonds. The van der Waals surface area contributed by atoms with E-state index in [0.29, 0.717) is 0 Å². The number of ether oxygens (including phenoxy) is 2. The lowest BCUT2D eigenvalue weighted by molar-refractivity contribution is -0.286. The van der Waals surface area contributed by atoms with E-state index in [1.165, 1.54) is 6.92 Å². The van der Waals surface area contributed by atoms with Gasteiger partial charge in [0.2, 0.25) is 0 Å². The number of aliphatic hydroxyl groups excluding tert-OH is 1. The fraction of sp³-hybridized carbons (Fsp3) is 0.333. The van der Waals surface area contributed by atoms with Crippen LogP contribution in [-0.2, 0) is 0 Å². The Morgan fingerprint density at radius 2 is 1.80 bits per heavy atom. The molecular weight excluding hydrogens is 213 g/mol. The number of aliphatic hydroxyl groups is 1. The summed E-state index contributed by atoms with van der Waals surface area (Å²) in [7, 11) is 0. The van der Waals surface area contributed by atoms with E-state index >= 15 is 0 Å². The normalized spacial score (nSPS) is 19.0. The standard InChI is InChI=1S/C9H7F3O3/c1-4(13)5-2-7-8(3-6(5)10)15-9(11,12)14-7/h2-4,13H,1H3. The van der Waals surface area contributed by atoms with Crippen LogP contribution in [0.1, 0.15) is 18.6 Å². The molecular formula is C9H7F3O3.